The fourth-order valence-corrected chi connectivity index (χ4v) is 5.07. The molecule has 16 heteroatoms. The number of carbonyl (C=O) groups excluding carboxylic acids is 1. The highest BCUT2D eigenvalue weighted by atomic mass is 16.7. The number of amides is 1. The molecule has 0 spiro atoms. The van der Waals surface area contributed by atoms with Crippen molar-refractivity contribution in [2.24, 2.45) is 0 Å². The van der Waals surface area contributed by atoms with Crippen LogP contribution in [-0.4, -0.2) is 91.6 Å². The molecule has 1 unspecified atom stereocenters. The lowest BCUT2D eigenvalue weighted by Gasteiger charge is -2.30. The summed E-state index contributed by atoms with van der Waals surface area (Å²) in [7, 11) is 0. The van der Waals surface area contributed by atoms with E-state index in [-0.39, 0.29) is 38.3 Å². The maximum Gasteiger partial charge on any atom is 0.330 e. The molecule has 3 fully saturated rings. The van der Waals surface area contributed by atoms with Crippen LogP contribution in [0.3, 0.4) is 0 Å². The second-order valence-corrected chi connectivity index (χ2v) is 9.79. The van der Waals surface area contributed by atoms with Gasteiger partial charge in [-0.25, -0.2) is 9.59 Å². The zero-order valence-electron chi connectivity index (χ0n) is 21.1. The first kappa shape index (κ1) is 27.2. The molecule has 2 aromatic heterocycles. The van der Waals surface area contributed by atoms with E-state index < -0.39 is 70.9 Å². The lowest BCUT2D eigenvalue weighted by atomic mass is 9.98. The maximum atomic E-state index is 13.1. The van der Waals surface area contributed by atoms with Gasteiger partial charge in [0.2, 0.25) is 5.60 Å². The van der Waals surface area contributed by atoms with E-state index in [0.717, 1.165) is 4.57 Å². The van der Waals surface area contributed by atoms with Crippen LogP contribution in [-0.2, 0) is 23.7 Å². The first-order valence-electron chi connectivity index (χ1n) is 12.3. The van der Waals surface area contributed by atoms with Crippen molar-refractivity contribution in [1.29, 1.82) is 0 Å². The number of aromatic nitrogens is 4. The highest BCUT2D eigenvalue weighted by molar-refractivity contribution is 5.87. The van der Waals surface area contributed by atoms with Crippen LogP contribution >= 0.6 is 0 Å². The number of H-pyrrole nitrogens is 2. The molecule has 39 heavy (non-hydrogen) atoms. The average molecular weight is 552 g/mol. The summed E-state index contributed by atoms with van der Waals surface area (Å²) < 4.78 is 25.2. The van der Waals surface area contributed by atoms with Crippen LogP contribution in [0.1, 0.15) is 30.0 Å². The molecule has 7 atom stereocenters. The Kier molecular flexibility index (Phi) is 7.17. The number of aromatic amines is 2. The van der Waals surface area contributed by atoms with Crippen LogP contribution in [0.5, 0.6) is 0 Å². The highest BCUT2D eigenvalue weighted by Crippen LogP contribution is 2.44. The molecule has 0 aliphatic carbocycles. The normalized spacial score (nSPS) is 31.6. The van der Waals surface area contributed by atoms with Gasteiger partial charge < -0.3 is 34.5 Å². The summed E-state index contributed by atoms with van der Waals surface area (Å²) in [5.41, 5.74) is -3.68. The van der Waals surface area contributed by atoms with E-state index in [9.17, 15) is 34.2 Å². The van der Waals surface area contributed by atoms with E-state index in [1.54, 1.807) is 6.92 Å². The van der Waals surface area contributed by atoms with Gasteiger partial charge in [-0.05, 0) is 13.8 Å². The Morgan fingerprint density at radius 1 is 1.13 bits per heavy atom. The lowest BCUT2D eigenvalue weighted by Crippen LogP contribution is -2.55. The Morgan fingerprint density at radius 3 is 2.44 bits per heavy atom. The van der Waals surface area contributed by atoms with Gasteiger partial charge in [0.1, 0.15) is 24.5 Å². The van der Waals surface area contributed by atoms with Crippen LogP contribution in [0.4, 0.5) is 0 Å². The van der Waals surface area contributed by atoms with Crippen LogP contribution < -0.4 is 27.8 Å². The van der Waals surface area contributed by atoms with Crippen molar-refractivity contribution in [1.82, 2.24) is 24.4 Å². The number of fused-ring (bicyclic) bond motifs is 2. The van der Waals surface area contributed by atoms with E-state index >= 15 is 0 Å². The molecular weight excluding hydrogens is 522 g/mol. The van der Waals surface area contributed by atoms with Gasteiger partial charge in [0.15, 0.2) is 6.23 Å². The van der Waals surface area contributed by atoms with Crippen molar-refractivity contribution in [2.45, 2.75) is 62.7 Å². The summed E-state index contributed by atoms with van der Waals surface area (Å²) >= 11 is 0. The number of rotatable bonds is 8. The molecule has 3 aliphatic rings. The molecule has 3 saturated heterocycles. The number of carbonyl (C=O) groups is 1. The van der Waals surface area contributed by atoms with Gasteiger partial charge in [-0.2, -0.15) is 0 Å². The average Bonchev–Trinajstić information content (AvgIpc) is 3.55. The summed E-state index contributed by atoms with van der Waals surface area (Å²) in [6, 6.07) is 0. The van der Waals surface area contributed by atoms with E-state index in [1.807, 2.05) is 0 Å². The number of hydrogen-bond donors (Lipinski definition) is 5. The third-order valence-corrected chi connectivity index (χ3v) is 7.23. The lowest BCUT2D eigenvalue weighted by molar-refractivity contribution is -0.186. The number of aryl methyl sites for hydroxylation is 2. The monoisotopic (exact) mass is 551 g/mol. The maximum absolute atomic E-state index is 13.1. The van der Waals surface area contributed by atoms with E-state index in [4.69, 9.17) is 18.9 Å². The number of aliphatic hydroxyl groups is 2. The number of nitrogens with zero attached hydrogens (tertiary/aromatic N) is 2. The standard InChI is InChI=1S/C23H29N5O11/c1-10-6-27(21(34)25-17(10)31)14-5-12(13(8-29)38-14)36-4-3-24-20(33)23-9-37-15(16(23)30)19(39-23)28-7-11(2)18(32)26-22(28)35/h6-7,12-16,19,29-30H,3-5,8-9H2,1-2H3,(H,24,33)(H,25,31,34)(H,26,32,35)/t12-,13+,14+,15?,16-,19+,23-/m0/s1. The Bertz CT molecular complexity index is 1490. The molecule has 5 N–H and O–H groups in total. The van der Waals surface area contributed by atoms with Crippen molar-refractivity contribution in [2.75, 3.05) is 26.4 Å². The van der Waals surface area contributed by atoms with E-state index in [2.05, 4.69) is 15.3 Å². The molecule has 1 amide bonds. The number of aliphatic hydroxyl groups excluding tert-OH is 2. The van der Waals surface area contributed by atoms with Crippen molar-refractivity contribution in [3.05, 3.63) is 65.2 Å². The van der Waals surface area contributed by atoms with Crippen LogP contribution in [0.25, 0.3) is 0 Å². The molecule has 212 valence electrons. The molecule has 0 radical (unpaired) electrons. The summed E-state index contributed by atoms with van der Waals surface area (Å²) in [4.78, 5) is 65.3. The van der Waals surface area contributed by atoms with Gasteiger partial charge in [0.25, 0.3) is 17.0 Å². The Labute approximate surface area is 219 Å². The number of nitrogens with one attached hydrogen (secondary N) is 3. The number of hydrogen-bond acceptors (Lipinski definition) is 11. The SMILES string of the molecule is Cc1cn([C@@H]2O[C@@]3(C(=O)NCCO[C@H]4C[C@H](n5cc(C)c(=O)[nH]c5=O)O[C@@H]4CO)COC2[C@@H]3O)c(=O)[nH]c1=O. The molecule has 0 aromatic carbocycles. The fourth-order valence-electron chi connectivity index (χ4n) is 5.07. The summed E-state index contributed by atoms with van der Waals surface area (Å²) in [5, 5.41) is 23.1. The predicted molar refractivity (Wildman–Crippen MR) is 129 cm³/mol. The summed E-state index contributed by atoms with van der Waals surface area (Å²) in [5.74, 6) is -0.674. The third kappa shape index (κ3) is 4.68. The van der Waals surface area contributed by atoms with Crippen LogP contribution in [0, 0.1) is 13.8 Å². The first-order chi connectivity index (χ1) is 18.6. The minimum absolute atomic E-state index is 0.000732. The van der Waals surface area contributed by atoms with E-state index in [1.165, 1.54) is 23.9 Å². The second kappa shape index (κ2) is 10.3. The van der Waals surface area contributed by atoms with Gasteiger partial charge in [0, 0.05) is 36.5 Å². The quantitative estimate of drug-likeness (QED) is 0.203. The van der Waals surface area contributed by atoms with Crippen molar-refractivity contribution < 1.29 is 34.0 Å². The van der Waals surface area contributed by atoms with Crippen molar-refractivity contribution in [3.8, 4) is 0 Å². The molecular formula is C23H29N5O11. The predicted octanol–water partition coefficient (Wildman–Crippen LogP) is -3.49. The number of ether oxygens (including phenoxy) is 4. The minimum atomic E-state index is -1.77. The molecule has 3 aliphatic heterocycles. The van der Waals surface area contributed by atoms with Gasteiger partial charge in [0.05, 0.1) is 25.9 Å². The highest BCUT2D eigenvalue weighted by Gasteiger charge is 2.66. The van der Waals surface area contributed by atoms with Crippen molar-refractivity contribution >= 4 is 5.91 Å². The fraction of sp³-hybridized carbons (Fsp3) is 0.609. The minimum Gasteiger partial charge on any atom is -0.394 e. The van der Waals surface area contributed by atoms with Gasteiger partial charge >= 0.3 is 11.4 Å². The topological polar surface area (TPSA) is 216 Å². The van der Waals surface area contributed by atoms with Gasteiger partial charge in [-0.15, -0.1) is 0 Å². The zero-order chi connectivity index (χ0) is 28.1. The smallest absolute Gasteiger partial charge is 0.330 e. The summed E-state index contributed by atoms with van der Waals surface area (Å²) in [6.45, 7) is 2.44. The molecule has 16 nitrogen and oxygen atoms in total. The molecule has 2 bridgehead atoms. The van der Waals surface area contributed by atoms with Gasteiger partial charge in [-0.1, -0.05) is 0 Å². The Balaban J connectivity index is 1.19. The molecule has 5 heterocycles. The molecule has 0 saturated carbocycles. The molecule has 5 rings (SSSR count). The second-order valence-electron chi connectivity index (χ2n) is 9.79. The summed E-state index contributed by atoms with van der Waals surface area (Å²) in [6.07, 6.45) is -2.76. The third-order valence-electron chi connectivity index (χ3n) is 7.23. The van der Waals surface area contributed by atoms with Gasteiger partial charge in [-0.3, -0.25) is 33.5 Å². The zero-order valence-corrected chi connectivity index (χ0v) is 21.1. The van der Waals surface area contributed by atoms with Crippen LogP contribution in [0.15, 0.2) is 31.6 Å². The first-order valence-corrected chi connectivity index (χ1v) is 12.3. The Hall–Kier alpha value is -3.41. The van der Waals surface area contributed by atoms with Crippen molar-refractivity contribution in [3.63, 3.8) is 0 Å². The van der Waals surface area contributed by atoms with E-state index in [0.29, 0.717) is 5.56 Å². The largest absolute Gasteiger partial charge is 0.394 e. The van der Waals surface area contributed by atoms with Crippen LogP contribution in [0.2, 0.25) is 0 Å². The molecule has 2 aromatic rings. The Morgan fingerprint density at radius 2 is 1.77 bits per heavy atom.